The van der Waals surface area contributed by atoms with Gasteiger partial charge in [-0.1, -0.05) is 24.3 Å². The van der Waals surface area contributed by atoms with Crippen LogP contribution in [0.25, 0.3) is 0 Å². The Labute approximate surface area is 159 Å². The molecule has 3 amide bonds. The second kappa shape index (κ2) is 6.77. The standard InChI is InChI=1S/C20H15N3O3S/c1-22-10-11-27-20(22)21-17(24)14-8-6-13(7-9-14)12-23-18(25)15-4-2-3-5-16(15)19(23)26/h2-11H,12H2,1H3. The molecule has 0 N–H and O–H groups in total. The van der Waals surface area contributed by atoms with Crippen LogP contribution >= 0.6 is 11.3 Å². The van der Waals surface area contributed by atoms with Gasteiger partial charge in [-0.2, -0.15) is 4.99 Å². The molecule has 0 fully saturated rings. The molecule has 0 unspecified atom stereocenters. The first-order valence-electron chi connectivity index (χ1n) is 8.28. The zero-order chi connectivity index (χ0) is 19.0. The Hall–Kier alpha value is -3.32. The van der Waals surface area contributed by atoms with Crippen LogP contribution in [0.5, 0.6) is 0 Å². The van der Waals surface area contributed by atoms with Crippen LogP contribution in [0, 0.1) is 0 Å². The van der Waals surface area contributed by atoms with Gasteiger partial charge in [0.2, 0.25) is 0 Å². The molecule has 1 aliphatic heterocycles. The summed E-state index contributed by atoms with van der Waals surface area (Å²) in [6.45, 7) is 0.165. The van der Waals surface area contributed by atoms with Gasteiger partial charge in [0.1, 0.15) is 0 Å². The molecule has 0 saturated heterocycles. The lowest BCUT2D eigenvalue weighted by molar-refractivity contribution is 0.0642. The van der Waals surface area contributed by atoms with Crippen LogP contribution in [-0.2, 0) is 13.6 Å². The van der Waals surface area contributed by atoms with Gasteiger partial charge in [0.25, 0.3) is 17.7 Å². The molecule has 0 radical (unpaired) electrons. The summed E-state index contributed by atoms with van der Waals surface area (Å²) < 4.78 is 1.78. The molecule has 4 rings (SSSR count). The summed E-state index contributed by atoms with van der Waals surface area (Å²) in [5.41, 5.74) is 2.08. The summed E-state index contributed by atoms with van der Waals surface area (Å²) >= 11 is 1.39. The number of fused-ring (bicyclic) bond motifs is 1. The fourth-order valence-electron chi connectivity index (χ4n) is 2.90. The summed E-state index contributed by atoms with van der Waals surface area (Å²) in [7, 11) is 1.83. The van der Waals surface area contributed by atoms with Crippen LogP contribution in [0.2, 0.25) is 0 Å². The molecule has 1 aliphatic rings. The Morgan fingerprint density at radius 3 is 2.19 bits per heavy atom. The van der Waals surface area contributed by atoms with Crippen molar-refractivity contribution in [2.24, 2.45) is 12.0 Å². The monoisotopic (exact) mass is 377 g/mol. The molecule has 0 atom stereocenters. The Balaban J connectivity index is 1.52. The number of rotatable bonds is 3. The number of benzene rings is 2. The molecule has 27 heavy (non-hydrogen) atoms. The first-order chi connectivity index (χ1) is 13.0. The van der Waals surface area contributed by atoms with Crippen molar-refractivity contribution in [3.05, 3.63) is 87.2 Å². The maximum absolute atomic E-state index is 12.4. The topological polar surface area (TPSA) is 71.7 Å². The first-order valence-corrected chi connectivity index (χ1v) is 9.16. The molecule has 7 heteroatoms. The lowest BCUT2D eigenvalue weighted by Gasteiger charge is -2.13. The molecule has 0 saturated carbocycles. The minimum Gasteiger partial charge on any atom is -0.327 e. The SMILES string of the molecule is Cn1ccsc1=NC(=O)c1ccc(CN2C(=O)c3ccccc3C2=O)cc1. The number of amides is 3. The van der Waals surface area contributed by atoms with E-state index in [1.165, 1.54) is 16.2 Å². The predicted octanol–water partition coefficient (Wildman–Crippen LogP) is 2.62. The molecule has 3 aromatic rings. The van der Waals surface area contributed by atoms with Crippen molar-refractivity contribution in [1.29, 1.82) is 0 Å². The van der Waals surface area contributed by atoms with Crippen molar-refractivity contribution < 1.29 is 14.4 Å². The van der Waals surface area contributed by atoms with Gasteiger partial charge in [-0.05, 0) is 29.8 Å². The van der Waals surface area contributed by atoms with Gasteiger partial charge in [-0.15, -0.1) is 11.3 Å². The third-order valence-electron chi connectivity index (χ3n) is 4.38. The number of hydrogen-bond donors (Lipinski definition) is 0. The van der Waals surface area contributed by atoms with Crippen LogP contribution in [0.4, 0.5) is 0 Å². The van der Waals surface area contributed by atoms with Crippen molar-refractivity contribution in [3.63, 3.8) is 0 Å². The minimum atomic E-state index is -0.333. The normalized spacial score (nSPS) is 14.0. The molecule has 2 aromatic carbocycles. The molecule has 134 valence electrons. The highest BCUT2D eigenvalue weighted by Gasteiger charge is 2.34. The van der Waals surface area contributed by atoms with Gasteiger partial charge in [-0.3, -0.25) is 19.3 Å². The number of hydrogen-bond acceptors (Lipinski definition) is 4. The average Bonchev–Trinajstić information content (AvgIpc) is 3.19. The third-order valence-corrected chi connectivity index (χ3v) is 5.22. The largest absolute Gasteiger partial charge is 0.327 e. The number of thiazole rings is 1. The summed E-state index contributed by atoms with van der Waals surface area (Å²) in [5, 5.41) is 1.86. The number of imide groups is 1. The Bertz CT molecular complexity index is 1090. The first kappa shape index (κ1) is 17.1. The van der Waals surface area contributed by atoms with E-state index < -0.39 is 0 Å². The van der Waals surface area contributed by atoms with Gasteiger partial charge in [-0.25, -0.2) is 0 Å². The number of nitrogens with zero attached hydrogens (tertiary/aromatic N) is 3. The fourth-order valence-corrected chi connectivity index (χ4v) is 3.63. The quantitative estimate of drug-likeness (QED) is 0.659. The zero-order valence-corrected chi connectivity index (χ0v) is 15.3. The van der Waals surface area contributed by atoms with E-state index in [1.54, 1.807) is 53.1 Å². The highest BCUT2D eigenvalue weighted by Crippen LogP contribution is 2.24. The van der Waals surface area contributed by atoms with Crippen LogP contribution in [0.3, 0.4) is 0 Å². The zero-order valence-electron chi connectivity index (χ0n) is 14.5. The molecule has 2 heterocycles. The molecule has 0 spiro atoms. The summed E-state index contributed by atoms with van der Waals surface area (Å²) in [6.07, 6.45) is 1.84. The van der Waals surface area contributed by atoms with Crippen molar-refractivity contribution >= 4 is 29.1 Å². The lowest BCUT2D eigenvalue weighted by atomic mass is 10.1. The van der Waals surface area contributed by atoms with Crippen molar-refractivity contribution in [1.82, 2.24) is 9.47 Å². The van der Waals surface area contributed by atoms with E-state index in [0.717, 1.165) is 5.56 Å². The van der Waals surface area contributed by atoms with Gasteiger partial charge < -0.3 is 4.57 Å². The molecular weight excluding hydrogens is 362 g/mol. The van der Waals surface area contributed by atoms with Gasteiger partial charge in [0.15, 0.2) is 4.80 Å². The molecule has 6 nitrogen and oxygen atoms in total. The molecule has 1 aromatic heterocycles. The van der Waals surface area contributed by atoms with Crippen molar-refractivity contribution in [2.45, 2.75) is 6.54 Å². The molecule has 0 bridgehead atoms. The van der Waals surface area contributed by atoms with Crippen molar-refractivity contribution in [2.75, 3.05) is 0 Å². The highest BCUT2D eigenvalue weighted by molar-refractivity contribution is 7.07. The van der Waals surface area contributed by atoms with E-state index >= 15 is 0 Å². The molecular formula is C20H15N3O3S. The second-order valence-electron chi connectivity index (χ2n) is 6.15. The Morgan fingerprint density at radius 1 is 1.00 bits per heavy atom. The fraction of sp³-hybridized carbons (Fsp3) is 0.100. The second-order valence-corrected chi connectivity index (χ2v) is 7.03. The summed E-state index contributed by atoms with van der Waals surface area (Å²) in [4.78, 5) is 43.1. The molecule has 0 aliphatic carbocycles. The van der Waals surface area contributed by atoms with E-state index in [1.807, 2.05) is 18.6 Å². The number of aromatic nitrogens is 1. The summed E-state index contributed by atoms with van der Waals surface area (Å²) in [6, 6.07) is 13.6. The van der Waals surface area contributed by atoms with Crippen molar-refractivity contribution in [3.8, 4) is 0 Å². The number of carbonyl (C=O) groups is 3. The third kappa shape index (κ3) is 3.13. The average molecular weight is 377 g/mol. The Kier molecular flexibility index (Phi) is 4.29. The van der Waals surface area contributed by atoms with Crippen LogP contribution in [0.1, 0.15) is 36.6 Å². The smallest absolute Gasteiger partial charge is 0.279 e. The maximum Gasteiger partial charge on any atom is 0.279 e. The van der Waals surface area contributed by atoms with Gasteiger partial charge in [0, 0.05) is 24.2 Å². The van der Waals surface area contributed by atoms with Crippen LogP contribution in [0.15, 0.2) is 65.1 Å². The Morgan fingerprint density at radius 2 is 1.63 bits per heavy atom. The van der Waals surface area contributed by atoms with Gasteiger partial charge >= 0.3 is 0 Å². The highest BCUT2D eigenvalue weighted by atomic mass is 32.1. The van der Waals surface area contributed by atoms with E-state index in [-0.39, 0.29) is 24.3 Å². The van der Waals surface area contributed by atoms with Crippen LogP contribution < -0.4 is 4.80 Å². The van der Waals surface area contributed by atoms with Gasteiger partial charge in [0.05, 0.1) is 17.7 Å². The summed E-state index contributed by atoms with van der Waals surface area (Å²) in [5.74, 6) is -0.924. The predicted molar refractivity (Wildman–Crippen MR) is 100 cm³/mol. The maximum atomic E-state index is 12.4. The van der Waals surface area contributed by atoms with E-state index in [4.69, 9.17) is 0 Å². The lowest BCUT2D eigenvalue weighted by Crippen LogP contribution is -2.29. The number of aryl methyl sites for hydroxylation is 1. The van der Waals surface area contributed by atoms with E-state index in [0.29, 0.717) is 21.5 Å². The number of carbonyl (C=O) groups excluding carboxylic acids is 3. The van der Waals surface area contributed by atoms with Crippen LogP contribution in [-0.4, -0.2) is 27.2 Å². The minimum absolute atomic E-state index is 0.165. The van der Waals surface area contributed by atoms with E-state index in [9.17, 15) is 14.4 Å². The van der Waals surface area contributed by atoms with E-state index in [2.05, 4.69) is 4.99 Å².